The molecule has 37 heavy (non-hydrogen) atoms. The first-order valence-corrected chi connectivity index (χ1v) is 10.9. The maximum absolute atomic E-state index is 13.3. The number of alkyl halides is 9. The highest BCUT2D eigenvalue weighted by molar-refractivity contribution is 5.94. The molecule has 0 radical (unpaired) electrons. The van der Waals surface area contributed by atoms with Crippen LogP contribution in [0.25, 0.3) is 5.65 Å². The van der Waals surface area contributed by atoms with Gasteiger partial charge in [0.05, 0.1) is 0 Å². The third-order valence-corrected chi connectivity index (χ3v) is 6.47. The summed E-state index contributed by atoms with van der Waals surface area (Å²) in [7, 11) is 0. The first-order chi connectivity index (χ1) is 17.0. The van der Waals surface area contributed by atoms with E-state index in [4.69, 9.17) is 0 Å². The summed E-state index contributed by atoms with van der Waals surface area (Å²) in [6.45, 7) is -0.396. The number of fused-ring (bicyclic) bond motifs is 1. The Morgan fingerprint density at radius 1 is 0.946 bits per heavy atom. The second-order valence-corrected chi connectivity index (χ2v) is 8.75. The van der Waals surface area contributed by atoms with Gasteiger partial charge in [0, 0.05) is 37.4 Å². The number of carbonyl (C=O) groups excluding carboxylic acids is 2. The second-order valence-electron chi connectivity index (χ2n) is 8.75. The summed E-state index contributed by atoms with van der Waals surface area (Å²) < 4.78 is 120. The van der Waals surface area contributed by atoms with Crippen LogP contribution in [0.5, 0.6) is 0 Å². The van der Waals surface area contributed by atoms with Gasteiger partial charge in [-0.2, -0.15) is 44.6 Å². The van der Waals surface area contributed by atoms with Gasteiger partial charge >= 0.3 is 24.6 Å². The van der Waals surface area contributed by atoms with Crippen LogP contribution in [-0.2, 0) is 10.9 Å². The number of piperidine rings is 1. The molecule has 2 fully saturated rings. The zero-order valence-corrected chi connectivity index (χ0v) is 18.6. The van der Waals surface area contributed by atoms with Gasteiger partial charge in [0.15, 0.2) is 11.3 Å². The van der Waals surface area contributed by atoms with Gasteiger partial charge in [-0.15, -0.1) is 0 Å². The molecule has 8 nitrogen and oxygen atoms in total. The van der Waals surface area contributed by atoms with Crippen molar-refractivity contribution in [1.29, 1.82) is 0 Å². The van der Waals surface area contributed by atoms with Crippen molar-refractivity contribution in [1.82, 2.24) is 24.4 Å². The molecule has 0 N–H and O–H groups in total. The molecule has 2 aromatic rings. The topological polar surface area (TPSA) is 80.0 Å². The van der Waals surface area contributed by atoms with E-state index in [2.05, 4.69) is 14.8 Å². The van der Waals surface area contributed by atoms with Crippen molar-refractivity contribution in [3.8, 4) is 0 Å². The lowest BCUT2D eigenvalue weighted by Crippen LogP contribution is -2.56. The Bertz CT molecular complexity index is 1170. The maximum atomic E-state index is 13.3. The summed E-state index contributed by atoms with van der Waals surface area (Å²) in [6, 6.07) is 1.78. The molecule has 0 aromatic carbocycles. The number of hydrogen-bond donors (Lipinski definition) is 0. The van der Waals surface area contributed by atoms with Crippen LogP contribution < -0.4 is 0 Å². The molecule has 0 aliphatic carbocycles. The van der Waals surface area contributed by atoms with Gasteiger partial charge in [0.25, 0.3) is 12.0 Å². The van der Waals surface area contributed by atoms with E-state index in [0.29, 0.717) is 28.3 Å². The Balaban J connectivity index is 1.49. The first-order valence-electron chi connectivity index (χ1n) is 10.9. The predicted octanol–water partition coefficient (Wildman–Crippen LogP) is 4.45. The third-order valence-electron chi connectivity index (χ3n) is 6.47. The van der Waals surface area contributed by atoms with Crippen LogP contribution in [0.2, 0.25) is 0 Å². The summed E-state index contributed by atoms with van der Waals surface area (Å²) in [4.78, 5) is 31.1. The highest BCUT2D eigenvalue weighted by atomic mass is 19.4. The zero-order chi connectivity index (χ0) is 27.4. The van der Waals surface area contributed by atoms with Crippen LogP contribution in [0.3, 0.4) is 0 Å². The zero-order valence-electron chi connectivity index (χ0n) is 18.6. The minimum atomic E-state index is -5.85. The molecule has 4 heterocycles. The fourth-order valence-corrected chi connectivity index (χ4v) is 4.73. The molecule has 2 aliphatic rings. The molecular formula is C20H18F9N5O3. The normalized spacial score (nSPS) is 18.8. The monoisotopic (exact) mass is 547 g/mol. The number of nitrogens with zero attached hydrogens (tertiary/aromatic N) is 5. The number of aromatic nitrogens is 3. The number of ether oxygens (including phenoxy) is 1. The highest BCUT2D eigenvalue weighted by Crippen LogP contribution is 2.41. The van der Waals surface area contributed by atoms with Gasteiger partial charge in [0.1, 0.15) is 5.69 Å². The first kappa shape index (κ1) is 26.8. The van der Waals surface area contributed by atoms with E-state index in [1.165, 1.54) is 4.90 Å². The fourth-order valence-electron chi connectivity index (χ4n) is 4.73. The van der Waals surface area contributed by atoms with Crippen LogP contribution >= 0.6 is 0 Å². The van der Waals surface area contributed by atoms with Gasteiger partial charge in [0.2, 0.25) is 0 Å². The van der Waals surface area contributed by atoms with Crippen molar-refractivity contribution in [2.24, 2.45) is 0 Å². The van der Waals surface area contributed by atoms with Crippen molar-refractivity contribution in [3.63, 3.8) is 0 Å². The molecule has 2 aromatic heterocycles. The number of carbonyl (C=O) groups is 2. The van der Waals surface area contributed by atoms with E-state index in [9.17, 15) is 49.1 Å². The van der Waals surface area contributed by atoms with Crippen LogP contribution in [0.1, 0.15) is 41.9 Å². The molecule has 0 saturated carbocycles. The highest BCUT2D eigenvalue weighted by Gasteiger charge is 2.60. The van der Waals surface area contributed by atoms with Gasteiger partial charge in [-0.1, -0.05) is 0 Å². The number of hydrogen-bond acceptors (Lipinski definition) is 5. The van der Waals surface area contributed by atoms with E-state index < -0.39 is 47.9 Å². The van der Waals surface area contributed by atoms with Gasteiger partial charge in [-0.3, -0.25) is 4.79 Å². The molecule has 2 saturated heterocycles. The molecule has 0 unspecified atom stereocenters. The minimum Gasteiger partial charge on any atom is -0.426 e. The molecule has 17 heteroatoms. The Morgan fingerprint density at radius 2 is 1.57 bits per heavy atom. The van der Waals surface area contributed by atoms with Gasteiger partial charge in [-0.05, 0) is 31.7 Å². The van der Waals surface area contributed by atoms with E-state index >= 15 is 0 Å². The molecule has 1 spiro atoms. The third kappa shape index (κ3) is 5.12. The average molecular weight is 547 g/mol. The maximum Gasteiger partial charge on any atom is 0.434 e. The lowest BCUT2D eigenvalue weighted by atomic mass is 9.85. The number of halogens is 9. The summed E-state index contributed by atoms with van der Waals surface area (Å²) in [6.07, 6.45) is -20.7. The number of likely N-dealkylation sites (tertiary alicyclic amines) is 2. The van der Waals surface area contributed by atoms with Crippen molar-refractivity contribution in [3.05, 3.63) is 29.7 Å². The molecule has 2 aliphatic heterocycles. The summed E-state index contributed by atoms with van der Waals surface area (Å²) in [5.74, 6) is -0.707. The Kier molecular flexibility index (Phi) is 6.47. The molecule has 0 bridgehead atoms. The smallest absolute Gasteiger partial charge is 0.426 e. The molecule has 2 amide bonds. The van der Waals surface area contributed by atoms with E-state index in [0.717, 1.165) is 12.3 Å². The van der Waals surface area contributed by atoms with E-state index in [1.807, 2.05) is 0 Å². The lowest BCUT2D eigenvalue weighted by Gasteiger charge is -2.44. The Hall–Kier alpha value is -3.27. The SMILES string of the molecule is O=C(OC(C(F)(F)F)C(F)(F)F)N1CCC2(CCCN2C(=O)c2cc3nccc(C(F)(F)F)n3n2)CC1. The standard InChI is InChI=1S/C20H18F9N5O3/c21-18(22,23)12-2-6-30-13-10-11(31-34(12)13)14(35)33-7-1-3-17(33)4-8-32(9-5-17)16(36)37-15(19(24,25)26)20(27,28)29/h2,6,10,15H,1,3-5,7-9H2. The summed E-state index contributed by atoms with van der Waals surface area (Å²) >= 11 is 0. The average Bonchev–Trinajstić information content (AvgIpc) is 3.39. The molecule has 204 valence electrons. The van der Waals surface area contributed by atoms with Crippen molar-refractivity contribution in [2.45, 2.75) is 55.9 Å². The van der Waals surface area contributed by atoms with Crippen LogP contribution in [0.15, 0.2) is 18.3 Å². The Labute approximate surface area is 202 Å². The summed E-state index contributed by atoms with van der Waals surface area (Å²) in [5.41, 5.74) is -2.58. The lowest BCUT2D eigenvalue weighted by molar-refractivity contribution is -0.308. The quantitative estimate of drug-likeness (QED) is 0.520. The Morgan fingerprint density at radius 3 is 2.14 bits per heavy atom. The van der Waals surface area contributed by atoms with E-state index in [1.54, 1.807) is 0 Å². The van der Waals surface area contributed by atoms with Crippen LogP contribution in [-0.4, -0.2) is 80.0 Å². The number of rotatable bonds is 2. The fraction of sp³-hybridized carbons (Fsp3) is 0.600. The molecular weight excluding hydrogens is 529 g/mol. The predicted molar refractivity (Wildman–Crippen MR) is 104 cm³/mol. The largest absolute Gasteiger partial charge is 0.434 e. The van der Waals surface area contributed by atoms with Crippen molar-refractivity contribution >= 4 is 17.6 Å². The molecule has 0 atom stereocenters. The second kappa shape index (κ2) is 8.93. The van der Waals surface area contributed by atoms with Gasteiger partial charge < -0.3 is 14.5 Å². The molecule has 4 rings (SSSR count). The van der Waals surface area contributed by atoms with Crippen LogP contribution in [0, 0.1) is 0 Å². The summed E-state index contributed by atoms with van der Waals surface area (Å²) in [5, 5.41) is 3.77. The van der Waals surface area contributed by atoms with Crippen molar-refractivity contribution < 1.29 is 53.8 Å². The minimum absolute atomic E-state index is 0.00989. The number of amides is 2. The van der Waals surface area contributed by atoms with E-state index in [-0.39, 0.29) is 43.8 Å². The van der Waals surface area contributed by atoms with Crippen molar-refractivity contribution in [2.75, 3.05) is 19.6 Å². The van der Waals surface area contributed by atoms with Crippen LogP contribution in [0.4, 0.5) is 44.3 Å². The van der Waals surface area contributed by atoms with Gasteiger partial charge in [-0.25, -0.2) is 14.3 Å².